The highest BCUT2D eigenvalue weighted by atomic mass is 15.1. The zero-order chi connectivity index (χ0) is 34.8. The first kappa shape index (κ1) is 28.9. The monoisotopic (exact) mass is 672 g/mol. The van der Waals surface area contributed by atoms with Gasteiger partial charge < -0.3 is 4.57 Å². The molecule has 246 valence electrons. The van der Waals surface area contributed by atoms with Crippen LogP contribution in [0.3, 0.4) is 0 Å². The summed E-state index contributed by atoms with van der Waals surface area (Å²) in [6, 6.07) is 65.5. The Balaban J connectivity index is 1.15. The summed E-state index contributed by atoms with van der Waals surface area (Å²) >= 11 is 0. The molecule has 9 aromatic carbocycles. The summed E-state index contributed by atoms with van der Waals surface area (Å²) in [5.41, 5.74) is 16.0. The van der Waals surface area contributed by atoms with Crippen LogP contribution in [-0.2, 0) is 12.5 Å². The molecule has 0 radical (unpaired) electrons. The number of imidazole rings is 1. The molecule has 12 rings (SSSR count). The third-order valence-corrected chi connectivity index (χ3v) is 12.2. The molecule has 0 aliphatic heterocycles. The standard InChI is InChI=1S/C51H32N2/c1-53-47-24-11-10-23-46(47)52-50(53)34-14-12-13-31(27-34)32-25-26-33-29-42-45(30-35(33)28-32)51(43-21-8-6-17-38(43)39-18-7-9-22-44(39)51)49-41-20-5-3-16-37(41)36-15-2-4-19-40(36)48(42)49/h2-30H,1H3. The van der Waals surface area contributed by atoms with Crippen molar-refractivity contribution in [1.82, 2.24) is 9.55 Å². The molecule has 0 N–H and O–H groups in total. The molecule has 10 aromatic rings. The van der Waals surface area contributed by atoms with E-state index in [9.17, 15) is 0 Å². The van der Waals surface area contributed by atoms with Gasteiger partial charge in [0.25, 0.3) is 0 Å². The van der Waals surface area contributed by atoms with Gasteiger partial charge in [0.05, 0.1) is 16.4 Å². The van der Waals surface area contributed by atoms with Crippen molar-refractivity contribution in [3.8, 4) is 44.8 Å². The first-order valence-corrected chi connectivity index (χ1v) is 18.4. The van der Waals surface area contributed by atoms with E-state index in [2.05, 4.69) is 188 Å². The summed E-state index contributed by atoms with van der Waals surface area (Å²) < 4.78 is 2.19. The molecule has 2 aliphatic rings. The van der Waals surface area contributed by atoms with Gasteiger partial charge in [-0.25, -0.2) is 4.98 Å². The average Bonchev–Trinajstić information content (AvgIpc) is 3.83. The second-order valence-corrected chi connectivity index (χ2v) is 14.7. The lowest BCUT2D eigenvalue weighted by atomic mass is 9.69. The Hall–Kier alpha value is -6.77. The first-order chi connectivity index (χ1) is 26.2. The van der Waals surface area contributed by atoms with Crippen LogP contribution in [0.1, 0.15) is 22.3 Å². The fourth-order valence-electron chi connectivity index (χ4n) is 9.98. The van der Waals surface area contributed by atoms with Gasteiger partial charge in [0.15, 0.2) is 0 Å². The van der Waals surface area contributed by atoms with Crippen molar-refractivity contribution in [1.29, 1.82) is 0 Å². The Bertz CT molecular complexity index is 3150. The fraction of sp³-hybridized carbons (Fsp3) is 0.0392. The molecular weight excluding hydrogens is 641 g/mol. The molecule has 0 amide bonds. The van der Waals surface area contributed by atoms with Gasteiger partial charge in [0, 0.05) is 12.6 Å². The molecule has 1 aromatic heterocycles. The number of aromatic nitrogens is 2. The van der Waals surface area contributed by atoms with Gasteiger partial charge in [-0.15, -0.1) is 0 Å². The van der Waals surface area contributed by atoms with Crippen molar-refractivity contribution in [2.75, 3.05) is 0 Å². The summed E-state index contributed by atoms with van der Waals surface area (Å²) in [4.78, 5) is 5.01. The van der Waals surface area contributed by atoms with Crippen molar-refractivity contribution in [3.63, 3.8) is 0 Å². The maximum absolute atomic E-state index is 5.01. The minimum atomic E-state index is -0.453. The van der Waals surface area contributed by atoms with Crippen LogP contribution in [0.15, 0.2) is 176 Å². The molecule has 0 saturated heterocycles. The number of aryl methyl sites for hydroxylation is 1. The van der Waals surface area contributed by atoms with E-state index >= 15 is 0 Å². The maximum atomic E-state index is 5.01. The lowest BCUT2D eigenvalue weighted by Crippen LogP contribution is -2.26. The van der Waals surface area contributed by atoms with Crippen LogP contribution in [0.4, 0.5) is 0 Å². The second-order valence-electron chi connectivity index (χ2n) is 14.7. The van der Waals surface area contributed by atoms with E-state index in [1.165, 1.54) is 88.0 Å². The van der Waals surface area contributed by atoms with Gasteiger partial charge in [0.2, 0.25) is 0 Å². The average molecular weight is 673 g/mol. The van der Waals surface area contributed by atoms with E-state index in [1.807, 2.05) is 0 Å². The summed E-state index contributed by atoms with van der Waals surface area (Å²) in [5.74, 6) is 0.976. The summed E-state index contributed by atoms with van der Waals surface area (Å²) in [6.07, 6.45) is 0. The Morgan fingerprint density at radius 2 is 1.06 bits per heavy atom. The van der Waals surface area contributed by atoms with Gasteiger partial charge in [0.1, 0.15) is 5.82 Å². The molecule has 0 unspecified atom stereocenters. The molecular formula is C51H32N2. The first-order valence-electron chi connectivity index (χ1n) is 18.4. The van der Waals surface area contributed by atoms with E-state index in [1.54, 1.807) is 0 Å². The van der Waals surface area contributed by atoms with Crippen molar-refractivity contribution >= 4 is 43.4 Å². The zero-order valence-corrected chi connectivity index (χ0v) is 29.1. The Morgan fingerprint density at radius 1 is 0.434 bits per heavy atom. The highest BCUT2D eigenvalue weighted by molar-refractivity contribution is 6.20. The van der Waals surface area contributed by atoms with Crippen molar-refractivity contribution < 1.29 is 0 Å². The highest BCUT2D eigenvalue weighted by Gasteiger charge is 2.53. The highest BCUT2D eigenvalue weighted by Crippen LogP contribution is 2.65. The summed E-state index contributed by atoms with van der Waals surface area (Å²) in [5, 5.41) is 7.75. The molecule has 0 fully saturated rings. The molecule has 0 bridgehead atoms. The topological polar surface area (TPSA) is 17.8 Å². The molecule has 53 heavy (non-hydrogen) atoms. The van der Waals surface area contributed by atoms with Gasteiger partial charge >= 0.3 is 0 Å². The minimum Gasteiger partial charge on any atom is -0.327 e. The normalized spacial score (nSPS) is 13.5. The SMILES string of the molecule is Cn1c(-c2cccc(-c3ccc4cc5c(cc4c3)C3(c4ccccc4-c4ccccc43)c3c-5c4ccccc4c4ccccc34)c2)nc2ccccc21. The summed E-state index contributed by atoms with van der Waals surface area (Å²) in [6.45, 7) is 0. The lowest BCUT2D eigenvalue weighted by Gasteiger charge is -2.32. The van der Waals surface area contributed by atoms with Gasteiger partial charge in [-0.1, -0.05) is 140 Å². The zero-order valence-electron chi connectivity index (χ0n) is 29.1. The number of para-hydroxylation sites is 2. The fourth-order valence-corrected chi connectivity index (χ4v) is 9.98. The number of fused-ring (bicyclic) bond motifs is 17. The number of rotatable bonds is 2. The van der Waals surface area contributed by atoms with E-state index in [4.69, 9.17) is 4.98 Å². The van der Waals surface area contributed by atoms with E-state index < -0.39 is 5.41 Å². The predicted octanol–water partition coefficient (Wildman–Crippen LogP) is 12.7. The molecule has 1 heterocycles. The van der Waals surface area contributed by atoms with Gasteiger partial charge in [-0.05, 0) is 124 Å². The molecule has 0 atom stereocenters. The van der Waals surface area contributed by atoms with Crippen molar-refractivity contribution in [2.45, 2.75) is 5.41 Å². The molecule has 0 saturated carbocycles. The van der Waals surface area contributed by atoms with E-state index in [0.29, 0.717) is 0 Å². The van der Waals surface area contributed by atoms with Crippen LogP contribution in [0.5, 0.6) is 0 Å². The predicted molar refractivity (Wildman–Crippen MR) is 220 cm³/mol. The number of nitrogens with zero attached hydrogens (tertiary/aromatic N) is 2. The molecule has 2 nitrogen and oxygen atoms in total. The van der Waals surface area contributed by atoms with Crippen LogP contribution in [-0.4, -0.2) is 9.55 Å². The third-order valence-electron chi connectivity index (χ3n) is 12.2. The van der Waals surface area contributed by atoms with Crippen molar-refractivity contribution in [3.05, 3.63) is 198 Å². The minimum absolute atomic E-state index is 0.453. The van der Waals surface area contributed by atoms with Crippen molar-refractivity contribution in [2.24, 2.45) is 7.05 Å². The van der Waals surface area contributed by atoms with Crippen LogP contribution < -0.4 is 0 Å². The molecule has 1 spiro atoms. The second kappa shape index (κ2) is 10.4. The lowest BCUT2D eigenvalue weighted by molar-refractivity contribution is 0.803. The maximum Gasteiger partial charge on any atom is 0.140 e. The van der Waals surface area contributed by atoms with Crippen LogP contribution in [0.25, 0.3) is 88.1 Å². The number of hydrogen-bond acceptors (Lipinski definition) is 1. The Morgan fingerprint density at radius 3 is 1.83 bits per heavy atom. The quantitative estimate of drug-likeness (QED) is 0.167. The molecule has 2 aliphatic carbocycles. The third kappa shape index (κ3) is 3.70. The number of benzene rings is 9. The smallest absolute Gasteiger partial charge is 0.140 e. The van der Waals surface area contributed by atoms with Crippen LogP contribution in [0.2, 0.25) is 0 Å². The van der Waals surface area contributed by atoms with Gasteiger partial charge in [-0.2, -0.15) is 0 Å². The van der Waals surface area contributed by atoms with Crippen LogP contribution in [0, 0.1) is 0 Å². The number of hydrogen-bond donors (Lipinski definition) is 0. The molecule has 2 heteroatoms. The largest absolute Gasteiger partial charge is 0.327 e. The van der Waals surface area contributed by atoms with E-state index in [0.717, 1.165) is 22.4 Å². The Labute approximate surface area is 307 Å². The van der Waals surface area contributed by atoms with E-state index in [-0.39, 0.29) is 0 Å². The van der Waals surface area contributed by atoms with Gasteiger partial charge in [-0.3, -0.25) is 0 Å². The summed E-state index contributed by atoms with van der Waals surface area (Å²) in [7, 11) is 2.10. The van der Waals surface area contributed by atoms with Crippen LogP contribution >= 0.6 is 0 Å². The Kier molecular flexibility index (Phi) is 5.67.